The molecule has 0 aliphatic carbocycles. The van der Waals surface area contributed by atoms with Crippen molar-refractivity contribution in [1.29, 1.82) is 0 Å². The van der Waals surface area contributed by atoms with E-state index in [1.165, 1.54) is 0 Å². The highest BCUT2D eigenvalue weighted by Crippen LogP contribution is 2.21. The third-order valence-electron chi connectivity index (χ3n) is 3.24. The number of carboxylic acids is 1. The lowest BCUT2D eigenvalue weighted by atomic mass is 9.87. The van der Waals surface area contributed by atoms with Crippen LogP contribution in [0.5, 0.6) is 0 Å². The molecule has 0 spiro atoms. The van der Waals surface area contributed by atoms with Gasteiger partial charge in [-0.15, -0.1) is 0 Å². The fourth-order valence-electron chi connectivity index (χ4n) is 2.01. The van der Waals surface area contributed by atoms with Crippen LogP contribution in [0.4, 0.5) is 0 Å². The largest absolute Gasteiger partial charge is 0.480 e. The van der Waals surface area contributed by atoms with E-state index < -0.39 is 11.5 Å². The van der Waals surface area contributed by atoms with Gasteiger partial charge in [0.1, 0.15) is 5.54 Å². The second kappa shape index (κ2) is 6.18. The van der Waals surface area contributed by atoms with Crippen LogP contribution in [-0.2, 0) is 9.53 Å². The summed E-state index contributed by atoms with van der Waals surface area (Å²) in [4.78, 5) is 13.5. The molecule has 0 saturated carbocycles. The van der Waals surface area contributed by atoms with Gasteiger partial charge < -0.3 is 20.1 Å². The van der Waals surface area contributed by atoms with E-state index in [-0.39, 0.29) is 0 Å². The van der Waals surface area contributed by atoms with E-state index in [9.17, 15) is 9.90 Å². The van der Waals surface area contributed by atoms with Crippen molar-refractivity contribution in [2.45, 2.75) is 24.8 Å². The summed E-state index contributed by atoms with van der Waals surface area (Å²) >= 11 is 0. The molecule has 5 heteroatoms. The standard InChI is InChI=1S/C11H22N2O3/c1-13-7-4-11(5-8-13,10(14)15)12-6-3-9-16-2/h12H,3-9H2,1-2H3,(H,14,15). The predicted octanol–water partition coefficient (Wildman–Crippen LogP) is 0.162. The van der Waals surface area contributed by atoms with Gasteiger partial charge in [0.15, 0.2) is 0 Å². The van der Waals surface area contributed by atoms with Crippen LogP contribution in [0.25, 0.3) is 0 Å². The van der Waals surface area contributed by atoms with Crippen molar-refractivity contribution in [2.24, 2.45) is 0 Å². The summed E-state index contributed by atoms with van der Waals surface area (Å²) in [6, 6.07) is 0. The number of aliphatic carboxylic acids is 1. The molecule has 0 bridgehead atoms. The van der Waals surface area contributed by atoms with Crippen molar-refractivity contribution in [2.75, 3.05) is 40.4 Å². The number of piperidine rings is 1. The van der Waals surface area contributed by atoms with Crippen molar-refractivity contribution >= 4 is 5.97 Å². The summed E-state index contributed by atoms with van der Waals surface area (Å²) in [7, 11) is 3.68. The molecule has 1 aliphatic rings. The molecule has 0 radical (unpaired) electrons. The van der Waals surface area contributed by atoms with Gasteiger partial charge in [-0.2, -0.15) is 0 Å². The first-order valence-electron chi connectivity index (χ1n) is 5.76. The Hall–Kier alpha value is -0.650. The zero-order valence-corrected chi connectivity index (χ0v) is 10.2. The molecule has 0 aromatic heterocycles. The van der Waals surface area contributed by atoms with Gasteiger partial charge >= 0.3 is 5.97 Å². The molecule has 1 saturated heterocycles. The number of rotatable bonds is 6. The van der Waals surface area contributed by atoms with Crippen molar-refractivity contribution < 1.29 is 14.6 Å². The molecule has 0 amide bonds. The molecule has 1 aliphatic heterocycles. The topological polar surface area (TPSA) is 61.8 Å². The smallest absolute Gasteiger partial charge is 0.323 e. The Morgan fingerprint density at radius 1 is 1.50 bits per heavy atom. The number of carboxylic acid groups (broad SMARTS) is 1. The number of methoxy groups -OCH3 is 1. The normalized spacial score (nSPS) is 20.9. The summed E-state index contributed by atoms with van der Waals surface area (Å²) in [5.74, 6) is -0.724. The van der Waals surface area contributed by atoms with E-state index in [0.29, 0.717) is 26.0 Å². The van der Waals surface area contributed by atoms with Crippen LogP contribution in [-0.4, -0.2) is 61.9 Å². The van der Waals surface area contributed by atoms with Gasteiger partial charge in [-0.3, -0.25) is 4.79 Å². The van der Waals surface area contributed by atoms with Gasteiger partial charge in [0.2, 0.25) is 0 Å². The lowest BCUT2D eigenvalue weighted by molar-refractivity contribution is -0.147. The Bertz CT molecular complexity index is 225. The van der Waals surface area contributed by atoms with Crippen molar-refractivity contribution in [3.8, 4) is 0 Å². The molecule has 94 valence electrons. The maximum atomic E-state index is 11.3. The average molecular weight is 230 g/mol. The van der Waals surface area contributed by atoms with Crippen LogP contribution < -0.4 is 5.32 Å². The van der Waals surface area contributed by atoms with Gasteiger partial charge in [-0.1, -0.05) is 0 Å². The van der Waals surface area contributed by atoms with Gasteiger partial charge in [-0.05, 0) is 32.9 Å². The minimum absolute atomic E-state index is 0.669. The molecular weight excluding hydrogens is 208 g/mol. The first kappa shape index (κ1) is 13.4. The Balaban J connectivity index is 2.43. The van der Waals surface area contributed by atoms with Gasteiger partial charge in [-0.25, -0.2) is 0 Å². The number of nitrogens with one attached hydrogen (secondary N) is 1. The molecule has 16 heavy (non-hydrogen) atoms. The van der Waals surface area contributed by atoms with E-state index in [1.54, 1.807) is 7.11 Å². The Labute approximate surface area is 96.8 Å². The molecule has 1 heterocycles. The van der Waals surface area contributed by atoms with E-state index in [1.807, 2.05) is 7.05 Å². The van der Waals surface area contributed by atoms with E-state index in [4.69, 9.17) is 4.74 Å². The molecule has 2 N–H and O–H groups in total. The average Bonchev–Trinajstić information content (AvgIpc) is 2.27. The van der Waals surface area contributed by atoms with Gasteiger partial charge in [0, 0.05) is 26.8 Å². The summed E-state index contributed by atoms with van der Waals surface area (Å²) < 4.78 is 4.95. The maximum Gasteiger partial charge on any atom is 0.323 e. The van der Waals surface area contributed by atoms with E-state index >= 15 is 0 Å². The van der Waals surface area contributed by atoms with Gasteiger partial charge in [0.25, 0.3) is 0 Å². The summed E-state index contributed by atoms with van der Waals surface area (Å²) in [5, 5.41) is 12.5. The minimum atomic E-state index is -0.724. The molecule has 1 fully saturated rings. The molecule has 0 aromatic rings. The lowest BCUT2D eigenvalue weighted by Crippen LogP contribution is -2.58. The number of likely N-dealkylation sites (tertiary alicyclic amines) is 1. The van der Waals surface area contributed by atoms with Crippen LogP contribution in [0.3, 0.4) is 0 Å². The quantitative estimate of drug-likeness (QED) is 0.637. The predicted molar refractivity (Wildman–Crippen MR) is 61.6 cm³/mol. The molecule has 0 unspecified atom stereocenters. The first-order chi connectivity index (χ1) is 7.60. The van der Waals surface area contributed by atoms with E-state index in [0.717, 1.165) is 19.5 Å². The highest BCUT2D eigenvalue weighted by atomic mass is 16.5. The highest BCUT2D eigenvalue weighted by molar-refractivity contribution is 5.79. The number of carbonyl (C=O) groups is 1. The van der Waals surface area contributed by atoms with Gasteiger partial charge in [0.05, 0.1) is 0 Å². The zero-order valence-electron chi connectivity index (χ0n) is 10.2. The number of hydrogen-bond acceptors (Lipinski definition) is 4. The van der Waals surface area contributed by atoms with Crippen LogP contribution in [0, 0.1) is 0 Å². The van der Waals surface area contributed by atoms with Crippen LogP contribution in [0.1, 0.15) is 19.3 Å². The second-order valence-electron chi connectivity index (χ2n) is 4.46. The summed E-state index contributed by atoms with van der Waals surface area (Å²) in [6.07, 6.45) is 2.19. The second-order valence-corrected chi connectivity index (χ2v) is 4.46. The molecule has 1 rings (SSSR count). The zero-order chi connectivity index (χ0) is 12.0. The van der Waals surface area contributed by atoms with Crippen LogP contribution >= 0.6 is 0 Å². The Morgan fingerprint density at radius 3 is 2.62 bits per heavy atom. The van der Waals surface area contributed by atoms with Crippen LogP contribution in [0.15, 0.2) is 0 Å². The monoisotopic (exact) mass is 230 g/mol. The third-order valence-corrected chi connectivity index (χ3v) is 3.24. The summed E-state index contributed by atoms with van der Waals surface area (Å²) in [5.41, 5.74) is -0.722. The number of hydrogen-bond donors (Lipinski definition) is 2. The van der Waals surface area contributed by atoms with Crippen molar-refractivity contribution in [1.82, 2.24) is 10.2 Å². The Morgan fingerprint density at radius 2 is 2.12 bits per heavy atom. The SMILES string of the molecule is COCCCNC1(C(=O)O)CCN(C)CC1. The fraction of sp³-hybridized carbons (Fsp3) is 0.909. The first-order valence-corrected chi connectivity index (χ1v) is 5.76. The molecule has 0 atom stereocenters. The molecular formula is C11H22N2O3. The number of nitrogens with zero attached hydrogens (tertiary/aromatic N) is 1. The fourth-order valence-corrected chi connectivity index (χ4v) is 2.01. The molecule has 0 aromatic carbocycles. The Kier molecular flexibility index (Phi) is 5.18. The minimum Gasteiger partial charge on any atom is -0.480 e. The lowest BCUT2D eigenvalue weighted by Gasteiger charge is -2.38. The van der Waals surface area contributed by atoms with E-state index in [2.05, 4.69) is 10.2 Å². The van der Waals surface area contributed by atoms with Crippen molar-refractivity contribution in [3.63, 3.8) is 0 Å². The summed E-state index contributed by atoms with van der Waals surface area (Å²) in [6.45, 7) is 3.04. The van der Waals surface area contributed by atoms with Crippen LogP contribution in [0.2, 0.25) is 0 Å². The third kappa shape index (κ3) is 3.43. The number of ether oxygens (including phenoxy) is 1. The molecule has 5 nitrogen and oxygen atoms in total. The highest BCUT2D eigenvalue weighted by Gasteiger charge is 2.40. The maximum absolute atomic E-state index is 11.3. The van der Waals surface area contributed by atoms with Crippen molar-refractivity contribution in [3.05, 3.63) is 0 Å².